The van der Waals surface area contributed by atoms with Crippen molar-refractivity contribution in [3.63, 3.8) is 0 Å². The lowest BCUT2D eigenvalue weighted by atomic mass is 9.82. The maximum absolute atomic E-state index is 13.8. The summed E-state index contributed by atoms with van der Waals surface area (Å²) in [6.45, 7) is 0. The fourth-order valence-electron chi connectivity index (χ4n) is 5.97. The molecule has 0 N–H and O–H groups in total. The molecule has 7 rings (SSSR count). The summed E-state index contributed by atoms with van der Waals surface area (Å²) in [7, 11) is 5.73. The van der Waals surface area contributed by atoms with Gasteiger partial charge in [-0.1, -0.05) is 66.7 Å². The van der Waals surface area contributed by atoms with Crippen LogP contribution in [0.15, 0.2) is 103 Å². The minimum atomic E-state index is -0.877. The summed E-state index contributed by atoms with van der Waals surface area (Å²) < 4.78 is 12.8. The Morgan fingerprint density at radius 3 is 2.15 bits per heavy atom. The summed E-state index contributed by atoms with van der Waals surface area (Å²) in [6, 6.07) is 32.6. The maximum atomic E-state index is 13.8. The molecule has 0 fully saturated rings. The monoisotopic (exact) mass is 509 g/mol. The number of carbonyl (C=O) groups excluding carboxylic acids is 1. The number of methoxy groups -OCH3 is 1. The third-order valence-corrected chi connectivity index (χ3v) is 7.94. The molecule has 4 nitrogen and oxygen atoms in total. The number of ketones is 1. The first-order valence-electron chi connectivity index (χ1n) is 13.1. The van der Waals surface area contributed by atoms with Crippen LogP contribution < -0.4 is 14.4 Å². The van der Waals surface area contributed by atoms with Crippen molar-refractivity contribution in [3.8, 4) is 22.6 Å². The third-order valence-electron chi connectivity index (χ3n) is 7.94. The van der Waals surface area contributed by atoms with Gasteiger partial charge in [0.1, 0.15) is 11.5 Å². The van der Waals surface area contributed by atoms with Crippen molar-refractivity contribution in [1.82, 2.24) is 0 Å². The molecule has 5 aromatic rings. The minimum absolute atomic E-state index is 0.0327. The summed E-state index contributed by atoms with van der Waals surface area (Å²) in [4.78, 5) is 15.9. The second-order valence-electron chi connectivity index (χ2n) is 10.3. The first-order valence-corrected chi connectivity index (χ1v) is 13.1. The van der Waals surface area contributed by atoms with Crippen LogP contribution in [0.5, 0.6) is 11.5 Å². The molecule has 0 radical (unpaired) electrons. The van der Waals surface area contributed by atoms with Crippen LogP contribution in [0.4, 0.5) is 5.69 Å². The van der Waals surface area contributed by atoms with Crippen molar-refractivity contribution >= 4 is 28.3 Å². The lowest BCUT2D eigenvalue weighted by Crippen LogP contribution is -2.34. The molecular formula is C35H27NO3. The molecule has 1 atom stereocenters. The van der Waals surface area contributed by atoms with E-state index in [1.807, 2.05) is 74.8 Å². The smallest absolute Gasteiger partial charge is 0.195 e. The summed E-state index contributed by atoms with van der Waals surface area (Å²) in [5.41, 5.74) is 6.41. The van der Waals surface area contributed by atoms with E-state index < -0.39 is 5.60 Å². The lowest BCUT2D eigenvalue weighted by molar-refractivity contribution is 0.104. The highest BCUT2D eigenvalue weighted by molar-refractivity contribution is 6.28. The van der Waals surface area contributed by atoms with Crippen LogP contribution in [0, 0.1) is 0 Å². The predicted molar refractivity (Wildman–Crippen MR) is 157 cm³/mol. The normalized spacial score (nSPS) is 16.8. The molecule has 0 aromatic heterocycles. The standard InChI is InChI=1S/C35H27NO3/c1-36(2)24-15-13-23(14-16-24)35(22-9-5-4-6-10-22)20-19-29-32-31(26-11-7-8-12-28(26)33(32)37)27-18-17-25(38-3)21-30(27)34(29)39-35/h4-21H,1-3H3. The van der Waals surface area contributed by atoms with Crippen LogP contribution in [0.1, 0.15) is 32.6 Å². The lowest BCUT2D eigenvalue weighted by Gasteiger charge is -2.37. The molecule has 1 aliphatic carbocycles. The molecule has 5 aromatic carbocycles. The van der Waals surface area contributed by atoms with Gasteiger partial charge in [0.05, 0.1) is 7.11 Å². The molecule has 1 heterocycles. The number of nitrogens with zero attached hydrogens (tertiary/aromatic N) is 1. The van der Waals surface area contributed by atoms with E-state index >= 15 is 0 Å². The molecule has 0 spiro atoms. The van der Waals surface area contributed by atoms with Crippen LogP contribution in [-0.2, 0) is 5.60 Å². The van der Waals surface area contributed by atoms with Gasteiger partial charge in [-0.2, -0.15) is 0 Å². The second-order valence-corrected chi connectivity index (χ2v) is 10.3. The van der Waals surface area contributed by atoms with Gasteiger partial charge in [0.2, 0.25) is 0 Å². The maximum Gasteiger partial charge on any atom is 0.195 e. The van der Waals surface area contributed by atoms with Crippen molar-refractivity contribution in [1.29, 1.82) is 0 Å². The van der Waals surface area contributed by atoms with E-state index in [9.17, 15) is 4.79 Å². The Bertz CT molecular complexity index is 1800. The van der Waals surface area contributed by atoms with Gasteiger partial charge in [-0.05, 0) is 53.4 Å². The van der Waals surface area contributed by atoms with Crippen molar-refractivity contribution in [2.45, 2.75) is 5.60 Å². The number of carbonyl (C=O) groups is 1. The van der Waals surface area contributed by atoms with E-state index in [0.29, 0.717) is 11.3 Å². The van der Waals surface area contributed by atoms with E-state index in [2.05, 4.69) is 53.5 Å². The van der Waals surface area contributed by atoms with E-state index in [1.165, 1.54) is 0 Å². The van der Waals surface area contributed by atoms with Gasteiger partial charge in [-0.25, -0.2) is 0 Å². The zero-order valence-electron chi connectivity index (χ0n) is 22.1. The molecule has 1 aliphatic heterocycles. The highest BCUT2D eigenvalue weighted by Crippen LogP contribution is 2.53. The molecule has 39 heavy (non-hydrogen) atoms. The number of fused-ring (bicyclic) bond motifs is 8. The number of rotatable bonds is 4. The molecular weight excluding hydrogens is 482 g/mol. The number of anilines is 1. The Hall–Kier alpha value is -4.83. The number of ether oxygens (including phenoxy) is 2. The summed E-state index contributed by atoms with van der Waals surface area (Å²) >= 11 is 0. The average Bonchev–Trinajstić information content (AvgIpc) is 3.29. The largest absolute Gasteiger partial charge is 0.497 e. The fourth-order valence-corrected chi connectivity index (χ4v) is 5.97. The van der Waals surface area contributed by atoms with Crippen LogP contribution in [0.25, 0.3) is 28.0 Å². The van der Waals surface area contributed by atoms with Crippen molar-refractivity contribution < 1.29 is 14.3 Å². The Balaban J connectivity index is 1.53. The van der Waals surface area contributed by atoms with Gasteiger partial charge in [0.15, 0.2) is 11.4 Å². The Morgan fingerprint density at radius 1 is 0.744 bits per heavy atom. The molecule has 2 aliphatic rings. The second kappa shape index (κ2) is 8.60. The first-order chi connectivity index (χ1) is 19.0. The van der Waals surface area contributed by atoms with Gasteiger partial charge >= 0.3 is 0 Å². The van der Waals surface area contributed by atoms with Crippen LogP contribution in [0.3, 0.4) is 0 Å². The fraction of sp³-hybridized carbons (Fsp3) is 0.114. The molecule has 0 amide bonds. The summed E-state index contributed by atoms with van der Waals surface area (Å²) in [6.07, 6.45) is 4.17. The van der Waals surface area contributed by atoms with Gasteiger partial charge in [-0.15, -0.1) is 0 Å². The van der Waals surface area contributed by atoms with E-state index in [-0.39, 0.29) is 5.78 Å². The number of hydrogen-bond donors (Lipinski definition) is 0. The zero-order valence-corrected chi connectivity index (χ0v) is 22.1. The summed E-state index contributed by atoms with van der Waals surface area (Å²) in [5, 5.41) is 1.89. The third kappa shape index (κ3) is 3.34. The SMILES string of the molecule is COc1ccc2c3c(c4c(c2c1)OC(c1ccccc1)(c1ccc(N(C)C)cc1)C=C4)C(=O)c1ccccc1-3. The number of hydrogen-bond acceptors (Lipinski definition) is 4. The van der Waals surface area contributed by atoms with Crippen molar-refractivity contribution in [2.75, 3.05) is 26.1 Å². The highest BCUT2D eigenvalue weighted by Gasteiger charge is 2.41. The van der Waals surface area contributed by atoms with Crippen LogP contribution in [0.2, 0.25) is 0 Å². The van der Waals surface area contributed by atoms with Crippen molar-refractivity contribution in [3.05, 3.63) is 131 Å². The zero-order chi connectivity index (χ0) is 26.7. The minimum Gasteiger partial charge on any atom is -0.497 e. The molecule has 0 bridgehead atoms. The van der Waals surface area contributed by atoms with Gasteiger partial charge in [-0.3, -0.25) is 4.79 Å². The molecule has 4 heteroatoms. The predicted octanol–water partition coefficient (Wildman–Crippen LogP) is 7.48. The first kappa shape index (κ1) is 23.3. The van der Waals surface area contributed by atoms with Gasteiger partial charge in [0.25, 0.3) is 0 Å². The molecule has 190 valence electrons. The van der Waals surface area contributed by atoms with E-state index in [1.54, 1.807) is 7.11 Å². The molecule has 0 saturated carbocycles. The van der Waals surface area contributed by atoms with E-state index in [4.69, 9.17) is 9.47 Å². The Morgan fingerprint density at radius 2 is 1.44 bits per heavy atom. The quantitative estimate of drug-likeness (QED) is 0.247. The topological polar surface area (TPSA) is 38.8 Å². The van der Waals surface area contributed by atoms with E-state index in [0.717, 1.165) is 55.6 Å². The van der Waals surface area contributed by atoms with Crippen LogP contribution in [-0.4, -0.2) is 27.0 Å². The number of benzene rings is 5. The van der Waals surface area contributed by atoms with Crippen LogP contribution >= 0.6 is 0 Å². The average molecular weight is 510 g/mol. The Labute approximate surface area is 227 Å². The molecule has 1 unspecified atom stereocenters. The highest BCUT2D eigenvalue weighted by atomic mass is 16.5. The summed E-state index contributed by atoms with van der Waals surface area (Å²) in [5.74, 6) is 1.46. The Kier molecular flexibility index (Phi) is 5.14. The van der Waals surface area contributed by atoms with Crippen molar-refractivity contribution in [2.24, 2.45) is 0 Å². The molecule has 0 saturated heterocycles. The van der Waals surface area contributed by atoms with Gasteiger partial charge < -0.3 is 14.4 Å². The van der Waals surface area contributed by atoms with Gasteiger partial charge in [0, 0.05) is 58.5 Å².